The summed E-state index contributed by atoms with van der Waals surface area (Å²) in [4.78, 5) is 0. The number of nitrogens with one attached hydrogen (secondary N) is 1. The van der Waals surface area contributed by atoms with Crippen LogP contribution in [-0.2, 0) is 0 Å². The lowest BCUT2D eigenvalue weighted by Crippen LogP contribution is -2.21. The van der Waals surface area contributed by atoms with Gasteiger partial charge in [0.25, 0.3) is 0 Å². The van der Waals surface area contributed by atoms with E-state index in [1.807, 2.05) is 47.4 Å². The molecular formula is C16H19N3. The predicted octanol–water partition coefficient (Wildman–Crippen LogP) is 2.94. The molecular weight excluding hydrogens is 234 g/mol. The third kappa shape index (κ3) is 3.46. The van der Waals surface area contributed by atoms with Crippen LogP contribution < -0.4 is 5.32 Å². The summed E-state index contributed by atoms with van der Waals surface area (Å²) in [5, 5.41) is 7.86. The zero-order valence-corrected chi connectivity index (χ0v) is 11.2. The highest BCUT2D eigenvalue weighted by molar-refractivity contribution is 5.31. The maximum Gasteiger partial charge on any atom is 0.0645 e. The van der Waals surface area contributed by atoms with Gasteiger partial charge in [0.05, 0.1) is 11.9 Å². The standard InChI is InChI=1S/C16H19N3/c1-3-8-16(17-11-4-2)14-12-18-19(13-14)15-9-6-5-7-10-15/h1,5-7,9-10,12-13,16-17H,4,8,11H2,2H3. The fraction of sp³-hybridized carbons (Fsp3) is 0.312. The van der Waals surface area contributed by atoms with Gasteiger partial charge in [-0.05, 0) is 25.1 Å². The van der Waals surface area contributed by atoms with Crippen LogP contribution in [0.5, 0.6) is 0 Å². The average Bonchev–Trinajstić information content (AvgIpc) is 2.94. The van der Waals surface area contributed by atoms with Crippen molar-refractivity contribution in [2.75, 3.05) is 6.54 Å². The van der Waals surface area contributed by atoms with Crippen molar-refractivity contribution in [2.24, 2.45) is 0 Å². The number of hydrogen-bond acceptors (Lipinski definition) is 2. The van der Waals surface area contributed by atoms with Crippen molar-refractivity contribution in [2.45, 2.75) is 25.8 Å². The molecule has 3 nitrogen and oxygen atoms in total. The molecule has 19 heavy (non-hydrogen) atoms. The molecule has 0 saturated carbocycles. The minimum Gasteiger partial charge on any atom is -0.309 e. The van der Waals surface area contributed by atoms with E-state index in [1.54, 1.807) is 0 Å². The molecule has 0 saturated heterocycles. The first-order valence-corrected chi connectivity index (χ1v) is 6.62. The van der Waals surface area contributed by atoms with E-state index in [-0.39, 0.29) is 6.04 Å². The Labute approximate surface area is 114 Å². The zero-order valence-electron chi connectivity index (χ0n) is 11.2. The summed E-state index contributed by atoms with van der Waals surface area (Å²) in [5.41, 5.74) is 2.19. The van der Waals surface area contributed by atoms with Gasteiger partial charge in [-0.15, -0.1) is 12.3 Å². The van der Waals surface area contributed by atoms with Crippen molar-refractivity contribution in [1.82, 2.24) is 15.1 Å². The average molecular weight is 253 g/mol. The number of benzene rings is 1. The molecule has 98 valence electrons. The Morgan fingerprint density at radius 1 is 1.37 bits per heavy atom. The van der Waals surface area contributed by atoms with Gasteiger partial charge in [0.15, 0.2) is 0 Å². The molecule has 0 aliphatic carbocycles. The van der Waals surface area contributed by atoms with Crippen LogP contribution >= 0.6 is 0 Å². The van der Waals surface area contributed by atoms with Crippen LogP contribution in [0.25, 0.3) is 5.69 Å². The van der Waals surface area contributed by atoms with Crippen LogP contribution in [0.1, 0.15) is 31.4 Å². The van der Waals surface area contributed by atoms with Gasteiger partial charge in [0.2, 0.25) is 0 Å². The second kappa shape index (κ2) is 6.77. The molecule has 1 unspecified atom stereocenters. The van der Waals surface area contributed by atoms with E-state index >= 15 is 0 Å². The molecule has 1 atom stereocenters. The first-order chi connectivity index (χ1) is 9.35. The molecule has 1 aromatic heterocycles. The lowest BCUT2D eigenvalue weighted by atomic mass is 10.1. The number of para-hydroxylation sites is 1. The van der Waals surface area contributed by atoms with E-state index in [1.165, 1.54) is 0 Å². The summed E-state index contributed by atoms with van der Waals surface area (Å²) in [6, 6.07) is 10.3. The number of nitrogens with zero attached hydrogens (tertiary/aromatic N) is 2. The van der Waals surface area contributed by atoms with Gasteiger partial charge < -0.3 is 5.32 Å². The third-order valence-corrected chi connectivity index (χ3v) is 2.99. The maximum absolute atomic E-state index is 5.44. The van der Waals surface area contributed by atoms with E-state index in [9.17, 15) is 0 Å². The van der Waals surface area contributed by atoms with Gasteiger partial charge in [0.1, 0.15) is 0 Å². The van der Waals surface area contributed by atoms with Crippen LogP contribution in [0.2, 0.25) is 0 Å². The normalized spacial score (nSPS) is 12.0. The van der Waals surface area contributed by atoms with Crippen molar-refractivity contribution in [1.29, 1.82) is 0 Å². The molecule has 2 aromatic rings. The second-order valence-electron chi connectivity index (χ2n) is 4.47. The van der Waals surface area contributed by atoms with Gasteiger partial charge in [-0.25, -0.2) is 4.68 Å². The molecule has 0 amide bonds. The lowest BCUT2D eigenvalue weighted by molar-refractivity contribution is 0.542. The molecule has 2 rings (SSSR count). The van der Waals surface area contributed by atoms with Crippen molar-refractivity contribution in [3.05, 3.63) is 48.3 Å². The van der Waals surface area contributed by atoms with Gasteiger partial charge in [-0.3, -0.25) is 0 Å². The molecule has 1 aromatic carbocycles. The minimum absolute atomic E-state index is 0.183. The first kappa shape index (κ1) is 13.4. The zero-order chi connectivity index (χ0) is 13.5. The Hall–Kier alpha value is -2.05. The Kier molecular flexibility index (Phi) is 4.77. The first-order valence-electron chi connectivity index (χ1n) is 6.62. The van der Waals surface area contributed by atoms with E-state index in [4.69, 9.17) is 6.42 Å². The summed E-state index contributed by atoms with van der Waals surface area (Å²) >= 11 is 0. The highest BCUT2D eigenvalue weighted by Crippen LogP contribution is 2.17. The molecule has 0 aliphatic rings. The van der Waals surface area contributed by atoms with Gasteiger partial charge in [-0.2, -0.15) is 5.10 Å². The fourth-order valence-electron chi connectivity index (χ4n) is 1.98. The quantitative estimate of drug-likeness (QED) is 0.802. The highest BCUT2D eigenvalue weighted by atomic mass is 15.3. The monoisotopic (exact) mass is 253 g/mol. The number of aromatic nitrogens is 2. The second-order valence-corrected chi connectivity index (χ2v) is 4.47. The van der Waals surface area contributed by atoms with Crippen molar-refractivity contribution in [3.8, 4) is 18.0 Å². The van der Waals surface area contributed by atoms with E-state index in [0.717, 1.165) is 24.2 Å². The lowest BCUT2D eigenvalue weighted by Gasteiger charge is -2.13. The minimum atomic E-state index is 0.183. The molecule has 0 fully saturated rings. The van der Waals surface area contributed by atoms with Crippen LogP contribution in [0, 0.1) is 12.3 Å². The van der Waals surface area contributed by atoms with E-state index in [2.05, 4.69) is 23.3 Å². The SMILES string of the molecule is C#CCC(NCCC)c1cnn(-c2ccccc2)c1. The predicted molar refractivity (Wildman–Crippen MR) is 78.0 cm³/mol. The number of rotatable bonds is 6. The topological polar surface area (TPSA) is 29.9 Å². The Bertz CT molecular complexity index is 537. The molecule has 0 radical (unpaired) electrons. The summed E-state index contributed by atoms with van der Waals surface area (Å²) in [6.07, 6.45) is 11.1. The van der Waals surface area contributed by atoms with Gasteiger partial charge in [0, 0.05) is 24.2 Å². The number of hydrogen-bond donors (Lipinski definition) is 1. The largest absolute Gasteiger partial charge is 0.309 e. The van der Waals surface area contributed by atoms with E-state index < -0.39 is 0 Å². The summed E-state index contributed by atoms with van der Waals surface area (Å²) in [5.74, 6) is 2.72. The molecule has 0 spiro atoms. The van der Waals surface area contributed by atoms with Crippen molar-refractivity contribution < 1.29 is 0 Å². The van der Waals surface area contributed by atoms with Crippen molar-refractivity contribution >= 4 is 0 Å². The Balaban J connectivity index is 2.16. The van der Waals surface area contributed by atoms with Crippen LogP contribution in [-0.4, -0.2) is 16.3 Å². The smallest absolute Gasteiger partial charge is 0.0645 e. The van der Waals surface area contributed by atoms with Crippen LogP contribution in [0.15, 0.2) is 42.7 Å². The molecule has 0 aliphatic heterocycles. The fourth-order valence-corrected chi connectivity index (χ4v) is 1.98. The van der Waals surface area contributed by atoms with Gasteiger partial charge in [-0.1, -0.05) is 25.1 Å². The Morgan fingerprint density at radius 2 is 2.16 bits per heavy atom. The van der Waals surface area contributed by atoms with Crippen LogP contribution in [0.3, 0.4) is 0 Å². The van der Waals surface area contributed by atoms with E-state index in [0.29, 0.717) is 6.42 Å². The van der Waals surface area contributed by atoms with Crippen LogP contribution in [0.4, 0.5) is 0 Å². The molecule has 1 N–H and O–H groups in total. The van der Waals surface area contributed by atoms with Gasteiger partial charge >= 0.3 is 0 Å². The summed E-state index contributed by atoms with van der Waals surface area (Å²) in [6.45, 7) is 3.11. The Morgan fingerprint density at radius 3 is 2.84 bits per heavy atom. The van der Waals surface area contributed by atoms with Crippen molar-refractivity contribution in [3.63, 3.8) is 0 Å². The molecule has 1 heterocycles. The maximum atomic E-state index is 5.44. The third-order valence-electron chi connectivity index (χ3n) is 2.99. The summed E-state index contributed by atoms with van der Waals surface area (Å²) < 4.78 is 1.88. The molecule has 0 bridgehead atoms. The molecule has 3 heteroatoms. The highest BCUT2D eigenvalue weighted by Gasteiger charge is 2.11. The summed E-state index contributed by atoms with van der Waals surface area (Å²) in [7, 11) is 0. The number of terminal acetylenes is 1.